The predicted molar refractivity (Wildman–Crippen MR) is 52.8 cm³/mol. The Balaban J connectivity index is 2.12. The van der Waals surface area contributed by atoms with Gasteiger partial charge in [0.15, 0.2) is 11.6 Å². The molecule has 0 aliphatic heterocycles. The van der Waals surface area contributed by atoms with Gasteiger partial charge < -0.3 is 4.74 Å². The Morgan fingerprint density at radius 1 is 1.25 bits per heavy atom. The number of ether oxygens (including phenoxy) is 1. The highest BCUT2D eigenvalue weighted by atomic mass is 32.1. The molecule has 0 saturated carbocycles. The van der Waals surface area contributed by atoms with E-state index in [-0.39, 0.29) is 6.61 Å². The van der Waals surface area contributed by atoms with Gasteiger partial charge in [0.25, 0.3) is 11.8 Å². The molecular weight excluding hydrogens is 239 g/mol. The molecule has 0 radical (unpaired) electrons. The minimum Gasteiger partial charge on any atom is -0.470 e. The van der Waals surface area contributed by atoms with Crippen molar-refractivity contribution >= 4 is 11.3 Å². The van der Waals surface area contributed by atoms with Crippen molar-refractivity contribution < 1.29 is 17.9 Å². The van der Waals surface area contributed by atoms with Crippen molar-refractivity contribution in [3.05, 3.63) is 46.0 Å². The van der Waals surface area contributed by atoms with Crippen molar-refractivity contribution in [3.8, 4) is 5.88 Å². The summed E-state index contributed by atoms with van der Waals surface area (Å²) in [5.74, 6) is -4.26. The predicted octanol–water partition coefficient (Wildman–Crippen LogP) is 3.14. The maximum atomic E-state index is 13.1. The Hall–Kier alpha value is -1.56. The lowest BCUT2D eigenvalue weighted by Crippen LogP contribution is -2.01. The van der Waals surface area contributed by atoms with Crippen LogP contribution < -0.4 is 4.74 Å². The molecule has 84 valence electrons. The van der Waals surface area contributed by atoms with E-state index in [4.69, 9.17) is 4.74 Å². The summed E-state index contributed by atoms with van der Waals surface area (Å²) in [5.41, 5.74) is 0. The van der Waals surface area contributed by atoms with Crippen molar-refractivity contribution in [3.63, 3.8) is 0 Å². The Morgan fingerprint density at radius 3 is 2.75 bits per heavy atom. The highest BCUT2D eigenvalue weighted by Crippen LogP contribution is 2.18. The summed E-state index contributed by atoms with van der Waals surface area (Å²) >= 11 is 1.41. The summed E-state index contributed by atoms with van der Waals surface area (Å²) in [6.07, 6.45) is 0. The zero-order valence-electron chi connectivity index (χ0n) is 7.91. The van der Waals surface area contributed by atoms with E-state index in [0.29, 0.717) is 6.07 Å². The Labute approximate surface area is 93.3 Å². The average molecular weight is 245 g/mol. The first-order valence-electron chi connectivity index (χ1n) is 4.33. The Morgan fingerprint density at radius 2 is 2.06 bits per heavy atom. The molecule has 0 bridgehead atoms. The van der Waals surface area contributed by atoms with Crippen LogP contribution in [0.3, 0.4) is 0 Å². The lowest BCUT2D eigenvalue weighted by molar-refractivity contribution is 0.271. The van der Waals surface area contributed by atoms with Crippen LogP contribution in [0.1, 0.15) is 4.88 Å². The third kappa shape index (κ3) is 2.33. The van der Waals surface area contributed by atoms with Crippen molar-refractivity contribution in [2.45, 2.75) is 6.61 Å². The van der Waals surface area contributed by atoms with Crippen LogP contribution in [-0.4, -0.2) is 4.98 Å². The number of halogens is 3. The molecule has 2 rings (SSSR count). The number of pyridine rings is 1. The number of hydrogen-bond donors (Lipinski definition) is 0. The number of rotatable bonds is 3. The van der Waals surface area contributed by atoms with E-state index in [9.17, 15) is 13.2 Å². The van der Waals surface area contributed by atoms with Crippen LogP contribution in [0.4, 0.5) is 13.2 Å². The molecule has 0 N–H and O–H groups in total. The fourth-order valence-corrected chi connectivity index (χ4v) is 1.68. The molecule has 16 heavy (non-hydrogen) atoms. The largest absolute Gasteiger partial charge is 0.470 e. The summed E-state index contributed by atoms with van der Waals surface area (Å²) < 4.78 is 43.2. The Kier molecular flexibility index (Phi) is 3.09. The highest BCUT2D eigenvalue weighted by molar-refractivity contribution is 7.09. The van der Waals surface area contributed by atoms with E-state index < -0.39 is 23.5 Å². The molecule has 0 amide bonds. The third-order valence-electron chi connectivity index (χ3n) is 1.79. The van der Waals surface area contributed by atoms with E-state index in [0.717, 1.165) is 4.88 Å². The maximum absolute atomic E-state index is 13.1. The van der Waals surface area contributed by atoms with Crippen LogP contribution >= 0.6 is 11.3 Å². The standard InChI is InChI=1S/C10H6F3NOS/c11-7-4-8(12)10(14-9(7)13)15-5-6-2-1-3-16-6/h1-4H,5H2. The van der Waals surface area contributed by atoms with Crippen LogP contribution in [0.25, 0.3) is 0 Å². The fourth-order valence-electron chi connectivity index (χ4n) is 1.06. The molecule has 2 aromatic heterocycles. The van der Waals surface area contributed by atoms with Crippen molar-refractivity contribution in [2.24, 2.45) is 0 Å². The van der Waals surface area contributed by atoms with E-state index in [1.165, 1.54) is 11.3 Å². The molecule has 2 heterocycles. The van der Waals surface area contributed by atoms with E-state index in [2.05, 4.69) is 4.98 Å². The molecule has 0 saturated heterocycles. The minimum atomic E-state index is -1.37. The first-order chi connectivity index (χ1) is 7.66. The number of aromatic nitrogens is 1. The second-order valence-corrected chi connectivity index (χ2v) is 3.95. The lowest BCUT2D eigenvalue weighted by atomic mass is 10.4. The second-order valence-electron chi connectivity index (χ2n) is 2.92. The number of nitrogens with zero attached hydrogens (tertiary/aromatic N) is 1. The molecule has 2 aromatic rings. The molecular formula is C10H6F3NOS. The molecule has 0 atom stereocenters. The second kappa shape index (κ2) is 4.52. The van der Waals surface area contributed by atoms with Crippen LogP contribution in [0, 0.1) is 17.6 Å². The van der Waals surface area contributed by atoms with Crippen LogP contribution in [-0.2, 0) is 6.61 Å². The topological polar surface area (TPSA) is 22.1 Å². The number of hydrogen-bond acceptors (Lipinski definition) is 3. The molecule has 0 aromatic carbocycles. The van der Waals surface area contributed by atoms with Crippen LogP contribution in [0.5, 0.6) is 5.88 Å². The molecule has 2 nitrogen and oxygen atoms in total. The van der Waals surface area contributed by atoms with Gasteiger partial charge in [0.05, 0.1) is 0 Å². The van der Waals surface area contributed by atoms with Crippen molar-refractivity contribution in [2.75, 3.05) is 0 Å². The van der Waals surface area contributed by atoms with Gasteiger partial charge in [0.2, 0.25) is 0 Å². The summed E-state index contributed by atoms with van der Waals surface area (Å²) in [5, 5.41) is 1.83. The monoisotopic (exact) mass is 245 g/mol. The fraction of sp³-hybridized carbons (Fsp3) is 0.100. The quantitative estimate of drug-likeness (QED) is 0.775. The van der Waals surface area contributed by atoms with Gasteiger partial charge in [-0.1, -0.05) is 6.07 Å². The molecule has 6 heteroatoms. The van der Waals surface area contributed by atoms with Gasteiger partial charge in [-0.15, -0.1) is 11.3 Å². The third-order valence-corrected chi connectivity index (χ3v) is 2.64. The lowest BCUT2D eigenvalue weighted by Gasteiger charge is -2.04. The highest BCUT2D eigenvalue weighted by Gasteiger charge is 2.12. The van der Waals surface area contributed by atoms with Crippen LogP contribution in [0.15, 0.2) is 23.6 Å². The first-order valence-corrected chi connectivity index (χ1v) is 5.21. The smallest absolute Gasteiger partial charge is 0.253 e. The molecule has 0 unspecified atom stereocenters. The first kappa shape index (κ1) is 10.9. The SMILES string of the molecule is Fc1cc(F)c(OCc2cccs2)nc1F. The number of thiophene rings is 1. The molecule has 0 aliphatic carbocycles. The zero-order valence-corrected chi connectivity index (χ0v) is 8.73. The van der Waals surface area contributed by atoms with E-state index in [1.54, 1.807) is 12.1 Å². The molecule has 0 aliphatic rings. The van der Waals surface area contributed by atoms with Gasteiger partial charge in [0.1, 0.15) is 6.61 Å². The van der Waals surface area contributed by atoms with Gasteiger partial charge in [-0.3, -0.25) is 0 Å². The summed E-state index contributed by atoms with van der Waals surface area (Å²) in [6.45, 7) is 0.0761. The van der Waals surface area contributed by atoms with Gasteiger partial charge >= 0.3 is 0 Å². The van der Waals surface area contributed by atoms with Gasteiger partial charge in [-0.2, -0.15) is 9.37 Å². The van der Waals surface area contributed by atoms with Crippen LogP contribution in [0.2, 0.25) is 0 Å². The molecule has 0 spiro atoms. The maximum Gasteiger partial charge on any atom is 0.253 e. The summed E-state index contributed by atoms with van der Waals surface area (Å²) in [7, 11) is 0. The zero-order chi connectivity index (χ0) is 11.5. The Bertz CT molecular complexity index is 487. The van der Waals surface area contributed by atoms with Gasteiger partial charge in [-0.25, -0.2) is 8.78 Å². The minimum absolute atomic E-state index is 0.0761. The van der Waals surface area contributed by atoms with Crippen molar-refractivity contribution in [1.29, 1.82) is 0 Å². The van der Waals surface area contributed by atoms with Gasteiger partial charge in [-0.05, 0) is 11.4 Å². The van der Waals surface area contributed by atoms with Crippen molar-refractivity contribution in [1.82, 2.24) is 4.98 Å². The van der Waals surface area contributed by atoms with Gasteiger partial charge in [0, 0.05) is 10.9 Å². The van der Waals surface area contributed by atoms with E-state index >= 15 is 0 Å². The summed E-state index contributed by atoms with van der Waals surface area (Å²) in [6, 6.07) is 3.99. The van der Waals surface area contributed by atoms with E-state index in [1.807, 2.05) is 5.38 Å². The average Bonchev–Trinajstić information content (AvgIpc) is 2.74. The normalized spacial score (nSPS) is 10.4. The molecule has 0 fully saturated rings. The summed E-state index contributed by atoms with van der Waals surface area (Å²) in [4.78, 5) is 3.88.